The number of nitrogens with one attached hydrogen (secondary N) is 3. The van der Waals surface area contributed by atoms with E-state index < -0.39 is 5.56 Å². The number of nitriles is 1. The Morgan fingerprint density at radius 3 is 2.79 bits per heavy atom. The van der Waals surface area contributed by atoms with E-state index in [2.05, 4.69) is 35.5 Å². The molecule has 3 aromatic heterocycles. The van der Waals surface area contributed by atoms with Crippen LogP contribution in [-0.4, -0.2) is 29.9 Å². The lowest BCUT2D eigenvalue weighted by atomic mass is 10.2. The zero-order valence-corrected chi connectivity index (χ0v) is 16.5. The second-order valence-electron chi connectivity index (χ2n) is 6.03. The van der Waals surface area contributed by atoms with Gasteiger partial charge in [-0.2, -0.15) is 25.1 Å². The molecule has 0 amide bonds. The first-order valence-electron chi connectivity index (χ1n) is 8.31. The first-order valence-corrected chi connectivity index (χ1v) is 9.10. The molecule has 0 atom stereocenters. The van der Waals surface area contributed by atoms with E-state index in [1.165, 1.54) is 4.68 Å². The number of azo groups is 1. The van der Waals surface area contributed by atoms with E-state index in [0.29, 0.717) is 33.1 Å². The van der Waals surface area contributed by atoms with Crippen LogP contribution in [0.15, 0.2) is 39.3 Å². The zero-order valence-electron chi connectivity index (χ0n) is 14.9. The van der Waals surface area contributed by atoms with Crippen molar-refractivity contribution in [3.05, 3.63) is 55.8 Å². The van der Waals surface area contributed by atoms with Crippen LogP contribution in [0, 0.1) is 23.0 Å². The number of nitrogens with zero attached hydrogens (tertiary/aromatic N) is 6. The average Bonchev–Trinajstić information content (AvgIpc) is 3.22. The third-order valence-electron chi connectivity index (χ3n) is 4.10. The molecule has 4 rings (SSSR count). The highest BCUT2D eigenvalue weighted by Crippen LogP contribution is 2.23. The maximum absolute atomic E-state index is 13.0. The molecule has 0 saturated heterocycles. The number of halogens is 1. The highest BCUT2D eigenvalue weighted by molar-refractivity contribution is 7.71. The standard InChI is InChI=1S/C17H12ClN9OS/c1-8-13(24-22-10-4-2-9(18)3-5-10)16(28)27(26-8)15-12-11(6-7-19)23-25-14(12)20-17(29)21-15/h2-5,26H,6H2,1H3,(H2,20,21,23,25,29). The first kappa shape index (κ1) is 18.7. The lowest BCUT2D eigenvalue weighted by molar-refractivity contribution is 0.808. The molecule has 1 aromatic carbocycles. The second-order valence-corrected chi connectivity index (χ2v) is 6.85. The molecule has 4 aromatic rings. The van der Waals surface area contributed by atoms with E-state index in [4.69, 9.17) is 29.1 Å². The summed E-state index contributed by atoms with van der Waals surface area (Å²) in [4.78, 5) is 20.1. The van der Waals surface area contributed by atoms with E-state index >= 15 is 0 Å². The predicted octanol–water partition coefficient (Wildman–Crippen LogP) is 3.94. The van der Waals surface area contributed by atoms with Crippen molar-refractivity contribution in [3.63, 3.8) is 0 Å². The van der Waals surface area contributed by atoms with Crippen LogP contribution in [-0.2, 0) is 6.42 Å². The maximum atomic E-state index is 13.0. The Morgan fingerprint density at radius 1 is 1.31 bits per heavy atom. The minimum atomic E-state index is -0.460. The summed E-state index contributed by atoms with van der Waals surface area (Å²) in [5.41, 5.74) is 1.62. The quantitative estimate of drug-likeness (QED) is 0.335. The van der Waals surface area contributed by atoms with Crippen molar-refractivity contribution in [1.82, 2.24) is 29.9 Å². The third-order valence-corrected chi connectivity index (χ3v) is 4.54. The van der Waals surface area contributed by atoms with E-state index in [-0.39, 0.29) is 22.7 Å². The Balaban J connectivity index is 1.86. The second kappa shape index (κ2) is 7.42. The number of hydrogen-bond donors (Lipinski definition) is 3. The summed E-state index contributed by atoms with van der Waals surface area (Å²) in [6.07, 6.45) is 0.0629. The molecule has 10 nitrogen and oxygen atoms in total. The fourth-order valence-electron chi connectivity index (χ4n) is 2.78. The van der Waals surface area contributed by atoms with Gasteiger partial charge in [0.1, 0.15) is 0 Å². The maximum Gasteiger partial charge on any atom is 0.300 e. The highest BCUT2D eigenvalue weighted by Gasteiger charge is 2.19. The Morgan fingerprint density at radius 2 is 2.07 bits per heavy atom. The molecule has 0 unspecified atom stereocenters. The number of benzene rings is 1. The Kier molecular flexibility index (Phi) is 4.79. The van der Waals surface area contributed by atoms with Gasteiger partial charge in [-0.15, -0.1) is 5.11 Å². The van der Waals surface area contributed by atoms with Gasteiger partial charge in [0.15, 0.2) is 17.2 Å². The van der Waals surface area contributed by atoms with Gasteiger partial charge in [-0.3, -0.25) is 15.0 Å². The number of hydrogen-bond acceptors (Lipinski definition) is 7. The van der Waals surface area contributed by atoms with Crippen LogP contribution >= 0.6 is 23.8 Å². The molecule has 0 radical (unpaired) electrons. The van der Waals surface area contributed by atoms with E-state index in [9.17, 15) is 4.79 Å². The normalized spacial score (nSPS) is 11.3. The summed E-state index contributed by atoms with van der Waals surface area (Å²) in [5, 5.41) is 28.1. The molecule has 0 spiro atoms. The van der Waals surface area contributed by atoms with Crippen molar-refractivity contribution in [2.24, 2.45) is 10.2 Å². The van der Waals surface area contributed by atoms with Gasteiger partial charge >= 0.3 is 5.56 Å². The van der Waals surface area contributed by atoms with Crippen LogP contribution in [0.25, 0.3) is 16.9 Å². The number of fused-ring (bicyclic) bond motifs is 1. The molecular formula is C17H12ClN9OS. The lowest BCUT2D eigenvalue weighted by Gasteiger charge is -2.03. The fourth-order valence-corrected chi connectivity index (χ4v) is 3.09. The number of aromatic nitrogens is 6. The highest BCUT2D eigenvalue weighted by atomic mass is 35.5. The Bertz CT molecular complexity index is 1400. The number of rotatable bonds is 4. The molecule has 29 heavy (non-hydrogen) atoms. The zero-order chi connectivity index (χ0) is 20.5. The van der Waals surface area contributed by atoms with Gasteiger partial charge in [0.25, 0.3) is 0 Å². The SMILES string of the molecule is Cc1[nH]n(-c2nc(=S)[nH]c3n[nH]c(CC#N)c23)c(=O)c1N=Nc1ccc(Cl)cc1. The summed E-state index contributed by atoms with van der Waals surface area (Å²) in [7, 11) is 0. The Labute approximate surface area is 172 Å². The van der Waals surface area contributed by atoms with Crippen molar-refractivity contribution in [2.75, 3.05) is 0 Å². The molecule has 0 fully saturated rings. The van der Waals surface area contributed by atoms with Crippen LogP contribution in [0.4, 0.5) is 11.4 Å². The molecule has 0 aliphatic rings. The summed E-state index contributed by atoms with van der Waals surface area (Å²) in [6, 6.07) is 8.79. The van der Waals surface area contributed by atoms with Gasteiger partial charge in [-0.25, -0.2) is 0 Å². The largest absolute Gasteiger partial charge is 0.313 e. The fraction of sp³-hybridized carbons (Fsp3) is 0.118. The van der Waals surface area contributed by atoms with Crippen molar-refractivity contribution in [2.45, 2.75) is 13.3 Å². The topological polar surface area (TPSA) is 144 Å². The van der Waals surface area contributed by atoms with E-state index in [0.717, 1.165) is 0 Å². The number of aryl methyl sites for hydroxylation is 1. The number of aromatic amines is 3. The molecule has 0 aliphatic carbocycles. The first-order chi connectivity index (χ1) is 14.0. The van der Waals surface area contributed by atoms with Crippen LogP contribution < -0.4 is 5.56 Å². The van der Waals surface area contributed by atoms with Crippen LogP contribution in [0.5, 0.6) is 0 Å². The van der Waals surface area contributed by atoms with Gasteiger partial charge in [-0.1, -0.05) is 11.6 Å². The van der Waals surface area contributed by atoms with Crippen molar-refractivity contribution in [3.8, 4) is 11.9 Å². The van der Waals surface area contributed by atoms with Gasteiger partial charge in [0.05, 0.1) is 35.0 Å². The summed E-state index contributed by atoms with van der Waals surface area (Å²) in [6.45, 7) is 1.69. The van der Waals surface area contributed by atoms with Gasteiger partial charge < -0.3 is 4.98 Å². The molecule has 12 heteroatoms. The predicted molar refractivity (Wildman–Crippen MR) is 109 cm³/mol. The third kappa shape index (κ3) is 3.46. The molecular weight excluding hydrogens is 414 g/mol. The molecule has 3 heterocycles. The molecule has 3 N–H and O–H groups in total. The lowest BCUT2D eigenvalue weighted by Crippen LogP contribution is -2.16. The molecule has 0 aliphatic heterocycles. The minimum Gasteiger partial charge on any atom is -0.313 e. The van der Waals surface area contributed by atoms with Crippen molar-refractivity contribution < 1.29 is 0 Å². The van der Waals surface area contributed by atoms with Gasteiger partial charge in [-0.05, 0) is 43.4 Å². The van der Waals surface area contributed by atoms with E-state index in [1.807, 2.05) is 6.07 Å². The van der Waals surface area contributed by atoms with Crippen LogP contribution in [0.3, 0.4) is 0 Å². The smallest absolute Gasteiger partial charge is 0.300 e. The van der Waals surface area contributed by atoms with E-state index in [1.54, 1.807) is 31.2 Å². The minimum absolute atomic E-state index is 0.0629. The monoisotopic (exact) mass is 425 g/mol. The van der Waals surface area contributed by atoms with Crippen LogP contribution in [0.2, 0.25) is 5.02 Å². The number of H-pyrrole nitrogens is 3. The summed E-state index contributed by atoms with van der Waals surface area (Å²) >= 11 is 11.0. The Hall–Kier alpha value is -3.62. The average molecular weight is 426 g/mol. The molecule has 0 bridgehead atoms. The van der Waals surface area contributed by atoms with Gasteiger partial charge in [0, 0.05) is 5.02 Å². The molecule has 144 valence electrons. The summed E-state index contributed by atoms with van der Waals surface area (Å²) < 4.78 is 1.36. The van der Waals surface area contributed by atoms with Crippen LogP contribution in [0.1, 0.15) is 11.4 Å². The van der Waals surface area contributed by atoms with Gasteiger partial charge in [0.2, 0.25) is 4.77 Å². The summed E-state index contributed by atoms with van der Waals surface area (Å²) in [5.74, 6) is 0.226. The van der Waals surface area contributed by atoms with Crippen molar-refractivity contribution in [1.29, 1.82) is 5.26 Å². The van der Waals surface area contributed by atoms with Crippen molar-refractivity contribution >= 4 is 46.2 Å². The molecule has 0 saturated carbocycles.